The van der Waals surface area contributed by atoms with Gasteiger partial charge in [-0.1, -0.05) is 26.0 Å². The Kier molecular flexibility index (Phi) is 3.51. The summed E-state index contributed by atoms with van der Waals surface area (Å²) in [4.78, 5) is 11.5. The Labute approximate surface area is 83.8 Å². The summed E-state index contributed by atoms with van der Waals surface area (Å²) in [6.07, 6.45) is 0.791. The smallest absolute Gasteiger partial charge is 0.227 e. The molecule has 3 nitrogen and oxygen atoms in total. The zero-order chi connectivity index (χ0) is 10.6. The van der Waals surface area contributed by atoms with Crippen molar-refractivity contribution in [1.29, 1.82) is 0 Å². The van der Waals surface area contributed by atoms with Crippen molar-refractivity contribution in [3.05, 3.63) is 24.3 Å². The Morgan fingerprint density at radius 2 is 2.14 bits per heavy atom. The maximum atomic E-state index is 11.5. The first kappa shape index (κ1) is 10.6. The molecular weight excluding hydrogens is 178 g/mol. The zero-order valence-electron chi connectivity index (χ0n) is 8.45. The molecule has 1 rings (SSSR count). The highest BCUT2D eigenvalue weighted by Crippen LogP contribution is 2.22. The molecule has 0 radical (unpaired) electrons. The van der Waals surface area contributed by atoms with Gasteiger partial charge in [-0.05, 0) is 18.6 Å². The van der Waals surface area contributed by atoms with E-state index in [1.807, 2.05) is 13.8 Å². The number of carbonyl (C=O) groups excluding carboxylic acids is 1. The van der Waals surface area contributed by atoms with Gasteiger partial charge in [0.2, 0.25) is 5.91 Å². The molecule has 1 aromatic carbocycles. The van der Waals surface area contributed by atoms with Crippen LogP contribution in [0.5, 0.6) is 5.75 Å². The molecule has 76 valence electrons. The summed E-state index contributed by atoms with van der Waals surface area (Å²) in [6.45, 7) is 3.81. The van der Waals surface area contributed by atoms with Gasteiger partial charge in [0.05, 0.1) is 5.69 Å². The SMILES string of the molecule is CC[C@@H](C)C(=O)Nc1ccccc1O. The lowest BCUT2D eigenvalue weighted by atomic mass is 10.1. The van der Waals surface area contributed by atoms with Crippen LogP contribution in [0, 0.1) is 5.92 Å². The van der Waals surface area contributed by atoms with Gasteiger partial charge in [0.25, 0.3) is 0 Å². The molecule has 1 aromatic rings. The van der Waals surface area contributed by atoms with Crippen molar-refractivity contribution < 1.29 is 9.90 Å². The Balaban J connectivity index is 2.70. The van der Waals surface area contributed by atoms with Crippen LogP contribution in [0.25, 0.3) is 0 Å². The molecule has 2 N–H and O–H groups in total. The van der Waals surface area contributed by atoms with Gasteiger partial charge in [-0.2, -0.15) is 0 Å². The molecule has 0 unspecified atom stereocenters. The molecule has 0 saturated heterocycles. The highest BCUT2D eigenvalue weighted by Gasteiger charge is 2.11. The predicted octanol–water partition coefficient (Wildman–Crippen LogP) is 2.38. The van der Waals surface area contributed by atoms with Gasteiger partial charge in [0.15, 0.2) is 0 Å². The molecule has 0 heterocycles. The average molecular weight is 193 g/mol. The zero-order valence-corrected chi connectivity index (χ0v) is 8.45. The lowest BCUT2D eigenvalue weighted by Crippen LogP contribution is -2.19. The molecule has 0 aromatic heterocycles. The molecule has 0 fully saturated rings. The highest BCUT2D eigenvalue weighted by atomic mass is 16.3. The van der Waals surface area contributed by atoms with Gasteiger partial charge < -0.3 is 10.4 Å². The van der Waals surface area contributed by atoms with E-state index in [1.165, 1.54) is 0 Å². The molecular formula is C11H15NO2. The van der Waals surface area contributed by atoms with E-state index in [9.17, 15) is 9.90 Å². The number of rotatable bonds is 3. The van der Waals surface area contributed by atoms with E-state index >= 15 is 0 Å². The first-order valence-corrected chi connectivity index (χ1v) is 4.74. The van der Waals surface area contributed by atoms with E-state index in [0.717, 1.165) is 6.42 Å². The number of benzene rings is 1. The molecule has 0 aliphatic heterocycles. The molecule has 0 saturated carbocycles. The second kappa shape index (κ2) is 4.65. The summed E-state index contributed by atoms with van der Waals surface area (Å²) in [6, 6.07) is 6.71. The van der Waals surface area contributed by atoms with Gasteiger partial charge in [-0.3, -0.25) is 4.79 Å². The minimum atomic E-state index is -0.0611. The molecule has 1 atom stereocenters. The number of phenolic OH excluding ortho intramolecular Hbond substituents is 1. The third-order valence-electron chi connectivity index (χ3n) is 2.22. The third kappa shape index (κ3) is 2.49. The maximum Gasteiger partial charge on any atom is 0.227 e. The van der Waals surface area contributed by atoms with Crippen molar-refractivity contribution in [3.63, 3.8) is 0 Å². The van der Waals surface area contributed by atoms with Crippen molar-refractivity contribution >= 4 is 11.6 Å². The standard InChI is InChI=1S/C11H15NO2/c1-3-8(2)11(14)12-9-6-4-5-7-10(9)13/h4-8,13H,3H2,1-2H3,(H,12,14)/t8-/m1/s1. The van der Waals surface area contributed by atoms with E-state index in [1.54, 1.807) is 24.3 Å². The fourth-order valence-electron chi connectivity index (χ4n) is 1.02. The average Bonchev–Trinajstić information content (AvgIpc) is 2.20. The quantitative estimate of drug-likeness (QED) is 0.724. The number of carbonyl (C=O) groups is 1. The van der Waals surface area contributed by atoms with Crippen LogP contribution in [0.4, 0.5) is 5.69 Å². The normalized spacial score (nSPS) is 12.1. The van der Waals surface area contributed by atoms with Crippen LogP contribution >= 0.6 is 0 Å². The summed E-state index contributed by atoms with van der Waals surface area (Å²) in [5.74, 6) is 0.00718. The number of hydrogen-bond acceptors (Lipinski definition) is 2. The highest BCUT2D eigenvalue weighted by molar-refractivity contribution is 5.93. The van der Waals surface area contributed by atoms with Crippen molar-refractivity contribution in [2.24, 2.45) is 5.92 Å². The Morgan fingerprint density at radius 1 is 1.50 bits per heavy atom. The van der Waals surface area contributed by atoms with Crippen LogP contribution in [-0.4, -0.2) is 11.0 Å². The molecule has 0 bridgehead atoms. The van der Waals surface area contributed by atoms with E-state index in [2.05, 4.69) is 5.32 Å². The second-order valence-corrected chi connectivity index (χ2v) is 3.32. The van der Waals surface area contributed by atoms with E-state index in [0.29, 0.717) is 5.69 Å². The lowest BCUT2D eigenvalue weighted by molar-refractivity contribution is -0.119. The van der Waals surface area contributed by atoms with Crippen molar-refractivity contribution in [2.75, 3.05) is 5.32 Å². The molecule has 0 aliphatic carbocycles. The van der Waals surface area contributed by atoms with Crippen LogP contribution in [0.15, 0.2) is 24.3 Å². The van der Waals surface area contributed by atoms with Gasteiger partial charge in [0.1, 0.15) is 5.75 Å². The fourth-order valence-corrected chi connectivity index (χ4v) is 1.02. The summed E-state index contributed by atoms with van der Waals surface area (Å²) >= 11 is 0. The van der Waals surface area contributed by atoms with Crippen LogP contribution in [0.1, 0.15) is 20.3 Å². The van der Waals surface area contributed by atoms with Gasteiger partial charge in [-0.15, -0.1) is 0 Å². The maximum absolute atomic E-state index is 11.5. The predicted molar refractivity (Wildman–Crippen MR) is 56.2 cm³/mol. The number of nitrogens with one attached hydrogen (secondary N) is 1. The monoisotopic (exact) mass is 193 g/mol. The number of phenols is 1. The minimum Gasteiger partial charge on any atom is -0.506 e. The Morgan fingerprint density at radius 3 is 2.71 bits per heavy atom. The Bertz CT molecular complexity index is 323. The largest absolute Gasteiger partial charge is 0.506 e. The first-order valence-electron chi connectivity index (χ1n) is 4.74. The number of para-hydroxylation sites is 2. The van der Waals surface area contributed by atoms with Gasteiger partial charge >= 0.3 is 0 Å². The molecule has 3 heteroatoms. The molecule has 0 spiro atoms. The lowest BCUT2D eigenvalue weighted by Gasteiger charge is -2.10. The summed E-state index contributed by atoms with van der Waals surface area (Å²) in [7, 11) is 0. The number of aromatic hydroxyl groups is 1. The van der Waals surface area contributed by atoms with E-state index < -0.39 is 0 Å². The van der Waals surface area contributed by atoms with Crippen LogP contribution in [-0.2, 0) is 4.79 Å². The number of hydrogen-bond donors (Lipinski definition) is 2. The van der Waals surface area contributed by atoms with Gasteiger partial charge in [-0.25, -0.2) is 0 Å². The number of anilines is 1. The molecule has 0 aliphatic rings. The number of amides is 1. The fraction of sp³-hybridized carbons (Fsp3) is 0.364. The van der Waals surface area contributed by atoms with Crippen LogP contribution < -0.4 is 5.32 Å². The van der Waals surface area contributed by atoms with Crippen molar-refractivity contribution in [1.82, 2.24) is 0 Å². The third-order valence-corrected chi connectivity index (χ3v) is 2.22. The first-order chi connectivity index (χ1) is 6.65. The topological polar surface area (TPSA) is 49.3 Å². The van der Waals surface area contributed by atoms with E-state index in [-0.39, 0.29) is 17.6 Å². The second-order valence-electron chi connectivity index (χ2n) is 3.32. The summed E-state index contributed by atoms with van der Waals surface area (Å²) < 4.78 is 0. The van der Waals surface area contributed by atoms with Gasteiger partial charge in [0, 0.05) is 5.92 Å². The van der Waals surface area contributed by atoms with E-state index in [4.69, 9.17) is 0 Å². The minimum absolute atomic E-state index is 0.0328. The summed E-state index contributed by atoms with van der Waals surface area (Å²) in [5, 5.41) is 12.1. The van der Waals surface area contributed by atoms with Crippen LogP contribution in [0.3, 0.4) is 0 Å². The van der Waals surface area contributed by atoms with Crippen molar-refractivity contribution in [3.8, 4) is 5.75 Å². The Hall–Kier alpha value is -1.51. The summed E-state index contributed by atoms with van der Waals surface area (Å²) in [5.41, 5.74) is 0.470. The van der Waals surface area contributed by atoms with Crippen molar-refractivity contribution in [2.45, 2.75) is 20.3 Å². The molecule has 14 heavy (non-hydrogen) atoms. The van der Waals surface area contributed by atoms with Crippen LogP contribution in [0.2, 0.25) is 0 Å². The molecule has 1 amide bonds.